The maximum Gasteiger partial charge on any atom is 0.189 e. The minimum Gasteiger partial charge on any atom is -0.377 e. The van der Waals surface area contributed by atoms with Gasteiger partial charge in [0.25, 0.3) is 0 Å². The Hall–Kier alpha value is -2.17. The molecule has 0 bridgehead atoms. The Morgan fingerprint density at radius 1 is 1.04 bits per heavy atom. The van der Waals surface area contributed by atoms with E-state index in [1.807, 2.05) is 50.5 Å². The van der Waals surface area contributed by atoms with Gasteiger partial charge >= 0.3 is 0 Å². The second-order valence-electron chi connectivity index (χ2n) is 7.96. The van der Waals surface area contributed by atoms with Crippen molar-refractivity contribution in [2.45, 2.75) is 44.8 Å². The summed E-state index contributed by atoms with van der Waals surface area (Å²) in [5.41, 5.74) is 2.12. The minimum atomic E-state index is -0.698. The summed E-state index contributed by atoms with van der Waals surface area (Å²) in [6, 6.07) is 18.6. The van der Waals surface area contributed by atoms with Gasteiger partial charge < -0.3 is 9.64 Å². The lowest BCUT2D eigenvalue weighted by molar-refractivity contribution is 0.0653. The van der Waals surface area contributed by atoms with Crippen molar-refractivity contribution in [2.75, 3.05) is 32.2 Å². The maximum absolute atomic E-state index is 14.1. The van der Waals surface area contributed by atoms with Gasteiger partial charge in [-0.05, 0) is 52.1 Å². The summed E-state index contributed by atoms with van der Waals surface area (Å²) >= 11 is 0. The van der Waals surface area contributed by atoms with Gasteiger partial charge in [0, 0.05) is 23.3 Å². The van der Waals surface area contributed by atoms with E-state index in [9.17, 15) is 4.79 Å². The Bertz CT molecular complexity index is 795. The van der Waals surface area contributed by atoms with Crippen LogP contribution in [0.15, 0.2) is 54.6 Å². The van der Waals surface area contributed by atoms with Crippen LogP contribution in [0.4, 0.5) is 5.69 Å². The van der Waals surface area contributed by atoms with Crippen LogP contribution in [0.25, 0.3) is 0 Å². The molecule has 3 atom stereocenters. The lowest BCUT2D eigenvalue weighted by atomic mass is 9.78. The standard InChI is InChI=1S/C24H32N2O2/c1-6-24(25(4)5,20-12-8-7-9-13-20)23(27)21-14-10-11-15-22(21)26-18(2)16-28-17-19(26)3/h7-15,18-19H,6,16-17H2,1-5H3. The van der Waals surface area contributed by atoms with Crippen molar-refractivity contribution in [1.82, 2.24) is 4.90 Å². The Morgan fingerprint density at radius 2 is 1.61 bits per heavy atom. The fourth-order valence-electron chi connectivity index (χ4n) is 4.58. The summed E-state index contributed by atoms with van der Waals surface area (Å²) in [4.78, 5) is 18.5. The SMILES string of the molecule is CCC(C(=O)c1ccccc1N1C(C)COCC1C)(c1ccccc1)N(C)C. The van der Waals surface area contributed by atoms with E-state index in [1.54, 1.807) is 0 Å². The summed E-state index contributed by atoms with van der Waals surface area (Å²) in [5, 5.41) is 0. The molecule has 0 aromatic heterocycles. The highest BCUT2D eigenvalue weighted by atomic mass is 16.5. The summed E-state index contributed by atoms with van der Waals surface area (Å²) in [6.07, 6.45) is 0.700. The van der Waals surface area contributed by atoms with Crippen LogP contribution in [0.2, 0.25) is 0 Å². The van der Waals surface area contributed by atoms with Gasteiger partial charge in [-0.3, -0.25) is 9.69 Å². The predicted octanol–water partition coefficient (Wildman–Crippen LogP) is 4.35. The number of ketones is 1. The first-order valence-corrected chi connectivity index (χ1v) is 10.2. The van der Waals surface area contributed by atoms with Gasteiger partial charge in [-0.25, -0.2) is 0 Å². The molecule has 0 aliphatic carbocycles. The minimum absolute atomic E-state index is 0.146. The van der Waals surface area contributed by atoms with Gasteiger partial charge in [0.1, 0.15) is 5.54 Å². The smallest absolute Gasteiger partial charge is 0.189 e. The molecule has 150 valence electrons. The van der Waals surface area contributed by atoms with E-state index in [0.717, 1.165) is 16.8 Å². The molecule has 2 aromatic rings. The number of Topliss-reactive ketones (excluding diaryl/α,β-unsaturated/α-hetero) is 1. The quantitative estimate of drug-likeness (QED) is 0.698. The second-order valence-corrected chi connectivity index (χ2v) is 7.96. The highest BCUT2D eigenvalue weighted by molar-refractivity contribution is 6.08. The number of anilines is 1. The van der Waals surface area contributed by atoms with Crippen molar-refractivity contribution in [3.8, 4) is 0 Å². The summed E-state index contributed by atoms with van der Waals surface area (Å²) in [6.45, 7) is 7.77. The summed E-state index contributed by atoms with van der Waals surface area (Å²) in [7, 11) is 3.99. The predicted molar refractivity (Wildman–Crippen MR) is 115 cm³/mol. The Labute approximate surface area is 169 Å². The van der Waals surface area contributed by atoms with Crippen LogP contribution >= 0.6 is 0 Å². The molecule has 1 aliphatic heterocycles. The Morgan fingerprint density at radius 3 is 2.18 bits per heavy atom. The molecule has 0 N–H and O–H groups in total. The fourth-order valence-corrected chi connectivity index (χ4v) is 4.58. The molecule has 4 nitrogen and oxygen atoms in total. The molecule has 4 heteroatoms. The van der Waals surface area contributed by atoms with Crippen molar-refractivity contribution in [2.24, 2.45) is 0 Å². The number of para-hydroxylation sites is 1. The van der Waals surface area contributed by atoms with Gasteiger partial charge in [-0.2, -0.15) is 0 Å². The van der Waals surface area contributed by atoms with E-state index in [-0.39, 0.29) is 17.9 Å². The van der Waals surface area contributed by atoms with E-state index in [2.05, 4.69) is 48.8 Å². The maximum atomic E-state index is 14.1. The van der Waals surface area contributed by atoms with Crippen molar-refractivity contribution >= 4 is 11.5 Å². The van der Waals surface area contributed by atoms with E-state index in [0.29, 0.717) is 19.6 Å². The molecule has 3 rings (SSSR count). The van der Waals surface area contributed by atoms with Crippen LogP contribution in [-0.4, -0.2) is 50.1 Å². The number of morpholine rings is 1. The average molecular weight is 381 g/mol. The van der Waals surface area contributed by atoms with Crippen molar-refractivity contribution < 1.29 is 9.53 Å². The number of likely N-dealkylation sites (N-methyl/N-ethyl adjacent to an activating group) is 1. The molecule has 1 heterocycles. The molecule has 1 saturated heterocycles. The van der Waals surface area contributed by atoms with Gasteiger partial charge in [-0.1, -0.05) is 49.4 Å². The topological polar surface area (TPSA) is 32.8 Å². The summed E-state index contributed by atoms with van der Waals surface area (Å²) in [5.74, 6) is 0.146. The Kier molecular flexibility index (Phi) is 6.21. The van der Waals surface area contributed by atoms with Crippen molar-refractivity contribution in [3.63, 3.8) is 0 Å². The number of carbonyl (C=O) groups is 1. The molecule has 0 spiro atoms. The van der Waals surface area contributed by atoms with Crippen LogP contribution < -0.4 is 4.90 Å². The van der Waals surface area contributed by atoms with E-state index in [1.165, 1.54) is 0 Å². The molecule has 1 aliphatic rings. The highest BCUT2D eigenvalue weighted by Crippen LogP contribution is 2.38. The zero-order chi connectivity index (χ0) is 20.3. The third kappa shape index (κ3) is 3.47. The van der Waals surface area contributed by atoms with Crippen LogP contribution in [0.1, 0.15) is 43.1 Å². The number of nitrogens with zero attached hydrogens (tertiary/aromatic N) is 2. The first-order valence-electron chi connectivity index (χ1n) is 10.2. The molecule has 28 heavy (non-hydrogen) atoms. The number of rotatable bonds is 6. The zero-order valence-corrected chi connectivity index (χ0v) is 17.7. The average Bonchev–Trinajstić information content (AvgIpc) is 2.70. The normalized spacial score (nSPS) is 22.1. The van der Waals surface area contributed by atoms with Crippen LogP contribution in [-0.2, 0) is 10.3 Å². The monoisotopic (exact) mass is 380 g/mol. The molecule has 0 amide bonds. The molecule has 0 radical (unpaired) electrons. The van der Waals surface area contributed by atoms with E-state index >= 15 is 0 Å². The Balaban J connectivity index is 2.13. The number of hydrogen-bond acceptors (Lipinski definition) is 4. The van der Waals surface area contributed by atoms with Crippen molar-refractivity contribution in [1.29, 1.82) is 0 Å². The largest absolute Gasteiger partial charge is 0.377 e. The van der Waals surface area contributed by atoms with Gasteiger partial charge in [-0.15, -0.1) is 0 Å². The van der Waals surface area contributed by atoms with Gasteiger partial charge in [0.05, 0.1) is 13.2 Å². The van der Waals surface area contributed by atoms with E-state index in [4.69, 9.17) is 4.74 Å². The molecular formula is C24H32N2O2. The number of hydrogen-bond donors (Lipinski definition) is 0. The molecule has 0 saturated carbocycles. The molecule has 2 aromatic carbocycles. The highest BCUT2D eigenvalue weighted by Gasteiger charge is 2.42. The first kappa shape index (κ1) is 20.6. The fraction of sp³-hybridized carbons (Fsp3) is 0.458. The molecule has 3 unspecified atom stereocenters. The molecular weight excluding hydrogens is 348 g/mol. The first-order chi connectivity index (χ1) is 13.4. The second kappa shape index (κ2) is 8.46. The van der Waals surface area contributed by atoms with Crippen LogP contribution in [0.5, 0.6) is 0 Å². The van der Waals surface area contributed by atoms with Crippen molar-refractivity contribution in [3.05, 3.63) is 65.7 Å². The van der Waals surface area contributed by atoms with Crippen LogP contribution in [0.3, 0.4) is 0 Å². The van der Waals surface area contributed by atoms with E-state index < -0.39 is 5.54 Å². The molecule has 1 fully saturated rings. The number of carbonyl (C=O) groups excluding carboxylic acids is 1. The van der Waals surface area contributed by atoms with Gasteiger partial charge in [0.15, 0.2) is 5.78 Å². The zero-order valence-electron chi connectivity index (χ0n) is 17.7. The third-order valence-corrected chi connectivity index (χ3v) is 6.00. The number of ether oxygens (including phenoxy) is 1. The van der Waals surface area contributed by atoms with Crippen LogP contribution in [0, 0.1) is 0 Å². The summed E-state index contributed by atoms with van der Waals surface area (Å²) < 4.78 is 5.71. The number of benzene rings is 2. The third-order valence-electron chi connectivity index (χ3n) is 6.00. The lowest BCUT2D eigenvalue weighted by Gasteiger charge is -2.43. The van der Waals surface area contributed by atoms with Gasteiger partial charge in [0.2, 0.25) is 0 Å². The lowest BCUT2D eigenvalue weighted by Crippen LogP contribution is -2.52.